The van der Waals surface area contributed by atoms with Gasteiger partial charge in [0.15, 0.2) is 5.82 Å². The van der Waals surface area contributed by atoms with Gasteiger partial charge in [0.1, 0.15) is 23.5 Å². The molecule has 5 aromatic rings. The molecule has 3 N–H and O–H groups in total. The lowest BCUT2D eigenvalue weighted by Gasteiger charge is -2.16. The van der Waals surface area contributed by atoms with Crippen LogP contribution >= 0.6 is 15.9 Å². The molecule has 12 heteroatoms. The molecule has 0 bridgehead atoms. The summed E-state index contributed by atoms with van der Waals surface area (Å²) < 4.78 is 0.822. The van der Waals surface area contributed by atoms with Crippen LogP contribution in [0.15, 0.2) is 107 Å². The van der Waals surface area contributed by atoms with Crippen molar-refractivity contribution in [1.29, 1.82) is 10.5 Å². The maximum absolute atomic E-state index is 13.1. The van der Waals surface area contributed by atoms with Gasteiger partial charge in [0, 0.05) is 33.6 Å². The van der Waals surface area contributed by atoms with Crippen molar-refractivity contribution in [2.45, 2.75) is 0 Å². The first kappa shape index (κ1) is 30.1. The van der Waals surface area contributed by atoms with Gasteiger partial charge in [-0.25, -0.2) is 14.8 Å². The molecule has 4 aromatic carbocycles. The molecule has 1 aromatic heterocycles. The Morgan fingerprint density at radius 2 is 1.53 bits per heavy atom. The molecule has 0 fully saturated rings. The third-order valence-corrected chi connectivity index (χ3v) is 7.09. The number of nitro groups is 1. The van der Waals surface area contributed by atoms with E-state index in [0.29, 0.717) is 11.3 Å². The van der Waals surface area contributed by atoms with E-state index in [1.54, 1.807) is 36.4 Å². The number of nitrogens with one attached hydrogen (secondary N) is 2. The number of halogens is 1. The number of carbonyl (C=O) groups is 1. The standard InChI is InChI=1S/C33H20BrN7O4/c34-24-11-13-25(14-12-24)38-33(43)40-31-27(17-35)28(18-36)32(37-19-23-10-15-26(41(44)45)16-29(23)42)39-30(31)22-8-6-21(7-9-22)20-4-2-1-3-5-20/h1-16,19,42H,(H2,38,40,43). The number of aromatic hydroxyl groups is 1. The molecule has 1 heterocycles. The second-order valence-electron chi connectivity index (χ2n) is 9.42. The zero-order valence-corrected chi connectivity index (χ0v) is 24.7. The number of anilines is 2. The van der Waals surface area contributed by atoms with Crippen LogP contribution in [0, 0.1) is 32.8 Å². The van der Waals surface area contributed by atoms with Crippen molar-refractivity contribution in [3.05, 3.63) is 128 Å². The Kier molecular flexibility index (Phi) is 8.89. The molecule has 0 unspecified atom stereocenters. The van der Waals surface area contributed by atoms with Crippen LogP contribution < -0.4 is 10.6 Å². The maximum Gasteiger partial charge on any atom is 0.323 e. The van der Waals surface area contributed by atoms with E-state index in [4.69, 9.17) is 0 Å². The first-order valence-electron chi connectivity index (χ1n) is 13.2. The number of urea groups is 1. The van der Waals surface area contributed by atoms with Gasteiger partial charge in [0.2, 0.25) is 0 Å². The zero-order chi connectivity index (χ0) is 31.9. The van der Waals surface area contributed by atoms with E-state index < -0.39 is 16.7 Å². The third kappa shape index (κ3) is 6.83. The SMILES string of the molecule is N#Cc1c(N=Cc2ccc([N+](=O)[O-])cc2O)nc(-c2ccc(-c3ccccc3)cc2)c(NC(=O)Nc2ccc(Br)cc2)c1C#N. The van der Waals surface area contributed by atoms with Crippen LogP contribution in [0.5, 0.6) is 5.75 Å². The van der Waals surface area contributed by atoms with Crippen molar-refractivity contribution in [1.82, 2.24) is 4.98 Å². The smallest absolute Gasteiger partial charge is 0.323 e. The van der Waals surface area contributed by atoms with Crippen LogP contribution in [0.3, 0.4) is 0 Å². The lowest BCUT2D eigenvalue weighted by atomic mass is 9.99. The quantitative estimate of drug-likeness (QED) is 0.0903. The highest BCUT2D eigenvalue weighted by Gasteiger charge is 2.23. The van der Waals surface area contributed by atoms with E-state index in [1.165, 1.54) is 18.3 Å². The number of nitrogens with zero attached hydrogens (tertiary/aromatic N) is 5. The molecular weight excluding hydrogens is 638 g/mol. The molecule has 0 saturated carbocycles. The average Bonchev–Trinajstić information content (AvgIpc) is 3.05. The van der Waals surface area contributed by atoms with Crippen molar-refractivity contribution in [3.63, 3.8) is 0 Å². The Balaban J connectivity index is 1.61. The van der Waals surface area contributed by atoms with Crippen molar-refractivity contribution in [2.75, 3.05) is 10.6 Å². The molecule has 0 atom stereocenters. The summed E-state index contributed by atoms with van der Waals surface area (Å²) in [5.74, 6) is -0.570. The van der Waals surface area contributed by atoms with E-state index >= 15 is 0 Å². The van der Waals surface area contributed by atoms with Gasteiger partial charge in [0.25, 0.3) is 5.69 Å². The third-order valence-electron chi connectivity index (χ3n) is 6.56. The van der Waals surface area contributed by atoms with Gasteiger partial charge in [-0.15, -0.1) is 0 Å². The van der Waals surface area contributed by atoms with E-state index in [1.807, 2.05) is 54.6 Å². The Morgan fingerprint density at radius 1 is 0.889 bits per heavy atom. The molecule has 11 nitrogen and oxygen atoms in total. The number of pyridine rings is 1. The van der Waals surface area contributed by atoms with Gasteiger partial charge >= 0.3 is 6.03 Å². The number of phenolic OH excluding ortho intramolecular Hbond substituents is 1. The molecule has 0 radical (unpaired) electrons. The average molecular weight is 658 g/mol. The molecule has 0 aliphatic rings. The minimum absolute atomic E-state index is 0.00624. The zero-order valence-electron chi connectivity index (χ0n) is 23.1. The summed E-state index contributed by atoms with van der Waals surface area (Å²) in [7, 11) is 0. The number of aromatic nitrogens is 1. The number of benzene rings is 4. The molecule has 0 aliphatic carbocycles. The van der Waals surface area contributed by atoms with Gasteiger partial charge in [-0.05, 0) is 41.5 Å². The first-order valence-corrected chi connectivity index (χ1v) is 14.0. The van der Waals surface area contributed by atoms with Gasteiger partial charge in [-0.3, -0.25) is 10.1 Å². The largest absolute Gasteiger partial charge is 0.507 e. The highest BCUT2D eigenvalue weighted by Crippen LogP contribution is 2.37. The highest BCUT2D eigenvalue weighted by atomic mass is 79.9. The molecule has 5 rings (SSSR count). The molecular formula is C33H20BrN7O4. The van der Waals surface area contributed by atoms with Crippen LogP contribution in [0.4, 0.5) is 27.7 Å². The minimum atomic E-state index is -0.672. The number of aliphatic imine (C=N–C) groups is 1. The van der Waals surface area contributed by atoms with Crippen molar-refractivity contribution in [2.24, 2.45) is 4.99 Å². The number of rotatable bonds is 7. The summed E-state index contributed by atoms with van der Waals surface area (Å²) in [6.07, 6.45) is 1.18. The van der Waals surface area contributed by atoms with Crippen LogP contribution in [-0.4, -0.2) is 27.3 Å². The van der Waals surface area contributed by atoms with Crippen LogP contribution in [0.2, 0.25) is 0 Å². The molecule has 0 spiro atoms. The molecule has 0 aliphatic heterocycles. The molecule has 45 heavy (non-hydrogen) atoms. The summed E-state index contributed by atoms with van der Waals surface area (Å²) in [6, 6.07) is 30.5. The van der Waals surface area contributed by atoms with Crippen molar-refractivity contribution in [3.8, 4) is 40.3 Å². The number of nitriles is 2. The minimum Gasteiger partial charge on any atom is -0.507 e. The Hall–Kier alpha value is -6.37. The van der Waals surface area contributed by atoms with Gasteiger partial charge in [-0.2, -0.15) is 10.5 Å². The van der Waals surface area contributed by atoms with E-state index in [9.17, 15) is 30.5 Å². The Morgan fingerprint density at radius 3 is 2.16 bits per heavy atom. The predicted molar refractivity (Wildman–Crippen MR) is 173 cm³/mol. The van der Waals surface area contributed by atoms with Crippen LogP contribution in [-0.2, 0) is 0 Å². The van der Waals surface area contributed by atoms with Crippen molar-refractivity contribution < 1.29 is 14.8 Å². The van der Waals surface area contributed by atoms with E-state index in [2.05, 4.69) is 36.5 Å². The fourth-order valence-electron chi connectivity index (χ4n) is 4.36. The fourth-order valence-corrected chi connectivity index (χ4v) is 4.62. The number of phenols is 1. The number of nitro benzene ring substituents is 1. The number of hydrogen-bond acceptors (Lipinski definition) is 8. The maximum atomic E-state index is 13.1. The molecule has 0 saturated heterocycles. The van der Waals surface area contributed by atoms with E-state index in [-0.39, 0.29) is 39.6 Å². The summed E-state index contributed by atoms with van der Waals surface area (Å²) in [5.41, 5.74) is 2.46. The monoisotopic (exact) mass is 657 g/mol. The number of amides is 2. The predicted octanol–water partition coefficient (Wildman–Crippen LogP) is 7.93. The second kappa shape index (κ2) is 13.3. The Labute approximate surface area is 265 Å². The van der Waals surface area contributed by atoms with Gasteiger partial charge in [-0.1, -0.05) is 70.5 Å². The number of non-ortho nitro benzene ring substituents is 1. The lowest BCUT2D eigenvalue weighted by Crippen LogP contribution is -2.21. The number of hydrogen-bond donors (Lipinski definition) is 3. The summed E-state index contributed by atoms with van der Waals surface area (Å²) >= 11 is 3.35. The highest BCUT2D eigenvalue weighted by molar-refractivity contribution is 9.10. The van der Waals surface area contributed by atoms with Crippen molar-refractivity contribution >= 4 is 51.1 Å². The summed E-state index contributed by atoms with van der Waals surface area (Å²) in [4.78, 5) is 32.3. The van der Waals surface area contributed by atoms with Gasteiger partial charge in [0.05, 0.1) is 27.9 Å². The van der Waals surface area contributed by atoms with Gasteiger partial charge < -0.3 is 15.7 Å². The Bertz CT molecular complexity index is 2030. The lowest BCUT2D eigenvalue weighted by molar-refractivity contribution is -0.384. The van der Waals surface area contributed by atoms with Crippen LogP contribution in [0.25, 0.3) is 22.4 Å². The normalized spacial score (nSPS) is 10.6. The second-order valence-corrected chi connectivity index (χ2v) is 10.3. The first-order chi connectivity index (χ1) is 21.8. The molecule has 218 valence electrons. The summed E-state index contributed by atoms with van der Waals surface area (Å²) in [6.45, 7) is 0. The van der Waals surface area contributed by atoms with E-state index in [0.717, 1.165) is 21.7 Å². The fraction of sp³-hybridized carbons (Fsp3) is 0. The summed E-state index contributed by atoms with van der Waals surface area (Å²) in [5, 5.41) is 47.0. The topological polar surface area (TPSA) is 177 Å². The van der Waals surface area contributed by atoms with Crippen LogP contribution in [0.1, 0.15) is 16.7 Å². The molecule has 2 amide bonds. The number of carbonyl (C=O) groups excluding carboxylic acids is 1.